The lowest BCUT2D eigenvalue weighted by atomic mass is 10.2. The van der Waals surface area contributed by atoms with Crippen molar-refractivity contribution in [2.24, 2.45) is 5.10 Å². The highest BCUT2D eigenvalue weighted by Crippen LogP contribution is 2.14. The highest BCUT2D eigenvalue weighted by molar-refractivity contribution is 5.97. The fourth-order valence-corrected chi connectivity index (χ4v) is 2.57. The quantitative estimate of drug-likeness (QED) is 0.458. The van der Waals surface area contributed by atoms with Gasteiger partial charge < -0.3 is 10.1 Å². The van der Waals surface area contributed by atoms with Gasteiger partial charge in [0, 0.05) is 18.2 Å². The molecule has 0 aliphatic heterocycles. The van der Waals surface area contributed by atoms with Gasteiger partial charge in [-0.1, -0.05) is 18.2 Å². The second-order valence-electron chi connectivity index (χ2n) is 6.45. The second-order valence-corrected chi connectivity index (χ2v) is 6.45. The summed E-state index contributed by atoms with van der Waals surface area (Å²) < 4.78 is 18.6. The standard InChI is InChI=1S/C23H20FN3O3/c1-16(28)26-21-4-2-3-19(13-21)23(29)27-25-14-17-7-11-22(12-8-17)30-15-18-5-9-20(24)10-6-18/h2-14H,15H2,1H3,(H,26,28)(H,27,29). The molecule has 3 rings (SSSR count). The van der Waals surface area contributed by atoms with E-state index in [4.69, 9.17) is 4.74 Å². The van der Waals surface area contributed by atoms with Crippen LogP contribution in [0.2, 0.25) is 0 Å². The van der Waals surface area contributed by atoms with Crippen molar-refractivity contribution >= 4 is 23.7 Å². The molecule has 2 N–H and O–H groups in total. The molecule has 152 valence electrons. The van der Waals surface area contributed by atoms with E-state index in [0.29, 0.717) is 23.6 Å². The Hall–Kier alpha value is -4.00. The maximum atomic E-state index is 12.9. The first-order valence-corrected chi connectivity index (χ1v) is 9.18. The molecule has 6 nitrogen and oxygen atoms in total. The van der Waals surface area contributed by atoms with E-state index in [1.807, 2.05) is 0 Å². The number of carbonyl (C=O) groups is 2. The number of amides is 2. The van der Waals surface area contributed by atoms with Crippen LogP contribution in [-0.4, -0.2) is 18.0 Å². The number of halogens is 1. The van der Waals surface area contributed by atoms with Gasteiger partial charge in [0.2, 0.25) is 5.91 Å². The molecular weight excluding hydrogens is 385 g/mol. The molecule has 0 aliphatic carbocycles. The van der Waals surface area contributed by atoms with Gasteiger partial charge in [-0.15, -0.1) is 0 Å². The van der Waals surface area contributed by atoms with Crippen molar-refractivity contribution in [2.75, 3.05) is 5.32 Å². The van der Waals surface area contributed by atoms with Crippen molar-refractivity contribution in [3.8, 4) is 5.75 Å². The van der Waals surface area contributed by atoms with Crippen molar-refractivity contribution in [3.63, 3.8) is 0 Å². The predicted molar refractivity (Wildman–Crippen MR) is 113 cm³/mol. The number of hydrazone groups is 1. The Labute approximate surface area is 173 Å². The Morgan fingerprint density at radius 2 is 1.77 bits per heavy atom. The maximum Gasteiger partial charge on any atom is 0.271 e. The molecule has 0 radical (unpaired) electrons. The highest BCUT2D eigenvalue weighted by atomic mass is 19.1. The van der Waals surface area contributed by atoms with Gasteiger partial charge in [-0.05, 0) is 65.7 Å². The monoisotopic (exact) mass is 405 g/mol. The first-order valence-electron chi connectivity index (χ1n) is 9.18. The van der Waals surface area contributed by atoms with Gasteiger partial charge in [0.25, 0.3) is 5.91 Å². The summed E-state index contributed by atoms with van der Waals surface area (Å²) in [5.74, 6) is -0.224. The average Bonchev–Trinajstić information content (AvgIpc) is 2.74. The van der Waals surface area contributed by atoms with Gasteiger partial charge in [-0.2, -0.15) is 5.10 Å². The van der Waals surface area contributed by atoms with Crippen LogP contribution in [0.25, 0.3) is 0 Å². The molecule has 0 unspecified atom stereocenters. The summed E-state index contributed by atoms with van der Waals surface area (Å²) in [6.45, 7) is 1.73. The molecule has 0 bridgehead atoms. The maximum absolute atomic E-state index is 12.9. The SMILES string of the molecule is CC(=O)Nc1cccc(C(=O)NN=Cc2ccc(OCc3ccc(F)cc3)cc2)c1. The van der Waals surface area contributed by atoms with Gasteiger partial charge in [0.05, 0.1) is 6.21 Å². The third kappa shape index (κ3) is 6.27. The van der Waals surface area contributed by atoms with Crippen molar-refractivity contribution in [1.29, 1.82) is 0 Å². The van der Waals surface area contributed by atoms with Crippen LogP contribution in [0.15, 0.2) is 77.9 Å². The van der Waals surface area contributed by atoms with E-state index in [-0.39, 0.29) is 11.7 Å². The Kier molecular flexibility index (Phi) is 6.89. The first kappa shape index (κ1) is 20.7. The van der Waals surface area contributed by atoms with Crippen LogP contribution >= 0.6 is 0 Å². The summed E-state index contributed by atoms with van der Waals surface area (Å²) in [7, 11) is 0. The Bertz CT molecular complexity index is 1050. The Balaban J connectivity index is 1.51. The number of benzene rings is 3. The van der Waals surface area contributed by atoms with E-state index >= 15 is 0 Å². The highest BCUT2D eigenvalue weighted by Gasteiger charge is 2.05. The van der Waals surface area contributed by atoms with Crippen LogP contribution in [0.3, 0.4) is 0 Å². The minimum Gasteiger partial charge on any atom is -0.489 e. The molecule has 0 fully saturated rings. The minimum atomic E-state index is -0.391. The van der Waals surface area contributed by atoms with Crippen LogP contribution in [0.4, 0.5) is 10.1 Å². The smallest absolute Gasteiger partial charge is 0.271 e. The van der Waals surface area contributed by atoms with Crippen LogP contribution in [0.1, 0.15) is 28.4 Å². The summed E-state index contributed by atoms with van der Waals surface area (Å²) >= 11 is 0. The third-order valence-electron chi connectivity index (χ3n) is 4.02. The molecular formula is C23H20FN3O3. The minimum absolute atomic E-state index is 0.212. The van der Waals surface area contributed by atoms with Crippen molar-refractivity contribution in [3.05, 3.63) is 95.3 Å². The number of rotatable bonds is 7. The number of ether oxygens (including phenoxy) is 1. The molecule has 30 heavy (non-hydrogen) atoms. The zero-order valence-corrected chi connectivity index (χ0v) is 16.3. The zero-order valence-electron chi connectivity index (χ0n) is 16.3. The summed E-state index contributed by atoms with van der Waals surface area (Å²) in [6, 6.07) is 19.9. The molecule has 3 aromatic rings. The molecule has 7 heteroatoms. The van der Waals surface area contributed by atoms with E-state index < -0.39 is 5.91 Å². The van der Waals surface area contributed by atoms with E-state index in [2.05, 4.69) is 15.8 Å². The van der Waals surface area contributed by atoms with Gasteiger partial charge in [0.15, 0.2) is 0 Å². The zero-order chi connectivity index (χ0) is 21.3. The number of carbonyl (C=O) groups excluding carboxylic acids is 2. The molecule has 0 saturated carbocycles. The molecule has 0 heterocycles. The number of hydrogen-bond acceptors (Lipinski definition) is 4. The Morgan fingerprint density at radius 3 is 2.47 bits per heavy atom. The van der Waals surface area contributed by atoms with Crippen LogP contribution < -0.4 is 15.5 Å². The molecule has 0 saturated heterocycles. The predicted octanol–water partition coefficient (Wildman–Crippen LogP) is 4.13. The number of hydrogen-bond donors (Lipinski definition) is 2. The van der Waals surface area contributed by atoms with E-state index in [0.717, 1.165) is 11.1 Å². The van der Waals surface area contributed by atoms with Crippen molar-refractivity contribution in [2.45, 2.75) is 13.5 Å². The summed E-state index contributed by atoms with van der Waals surface area (Å²) in [5, 5.41) is 6.58. The number of nitrogens with one attached hydrogen (secondary N) is 2. The fourth-order valence-electron chi connectivity index (χ4n) is 2.57. The van der Waals surface area contributed by atoms with Gasteiger partial charge >= 0.3 is 0 Å². The van der Waals surface area contributed by atoms with Crippen molar-refractivity contribution in [1.82, 2.24) is 5.43 Å². The normalized spacial score (nSPS) is 10.6. The van der Waals surface area contributed by atoms with E-state index in [1.165, 1.54) is 25.3 Å². The molecule has 0 atom stereocenters. The molecule has 0 aromatic heterocycles. The van der Waals surface area contributed by atoms with Gasteiger partial charge in [-0.3, -0.25) is 9.59 Å². The largest absolute Gasteiger partial charge is 0.489 e. The lowest BCUT2D eigenvalue weighted by Gasteiger charge is -2.06. The average molecular weight is 405 g/mol. The van der Waals surface area contributed by atoms with Crippen LogP contribution in [0, 0.1) is 5.82 Å². The van der Waals surface area contributed by atoms with Gasteiger partial charge in [0.1, 0.15) is 18.2 Å². The van der Waals surface area contributed by atoms with Crippen LogP contribution in [0.5, 0.6) is 5.75 Å². The summed E-state index contributed by atoms with van der Waals surface area (Å²) in [6.07, 6.45) is 1.51. The topological polar surface area (TPSA) is 79.8 Å². The molecule has 2 amide bonds. The van der Waals surface area contributed by atoms with Crippen molar-refractivity contribution < 1.29 is 18.7 Å². The third-order valence-corrected chi connectivity index (χ3v) is 4.02. The lowest BCUT2D eigenvalue weighted by molar-refractivity contribution is -0.114. The Morgan fingerprint density at radius 1 is 1.03 bits per heavy atom. The molecule has 0 aliphatic rings. The first-order chi connectivity index (χ1) is 14.5. The van der Waals surface area contributed by atoms with E-state index in [1.54, 1.807) is 60.7 Å². The van der Waals surface area contributed by atoms with Crippen LogP contribution in [-0.2, 0) is 11.4 Å². The lowest BCUT2D eigenvalue weighted by Crippen LogP contribution is -2.18. The second kappa shape index (κ2) is 9.97. The summed E-state index contributed by atoms with van der Waals surface area (Å²) in [5.41, 5.74) is 5.01. The summed E-state index contributed by atoms with van der Waals surface area (Å²) in [4.78, 5) is 23.3. The number of nitrogens with zero attached hydrogens (tertiary/aromatic N) is 1. The fraction of sp³-hybridized carbons (Fsp3) is 0.0870. The molecule has 3 aromatic carbocycles. The van der Waals surface area contributed by atoms with E-state index in [9.17, 15) is 14.0 Å². The van der Waals surface area contributed by atoms with Gasteiger partial charge in [-0.25, -0.2) is 9.82 Å². The molecule has 0 spiro atoms. The number of anilines is 1.